The molecule has 0 atom stereocenters. The first-order valence-electron chi connectivity index (χ1n) is 7.72. The van der Waals surface area contributed by atoms with E-state index in [1.807, 2.05) is 6.07 Å². The molecule has 0 aliphatic carbocycles. The quantitative estimate of drug-likeness (QED) is 0.802. The second-order valence-corrected chi connectivity index (χ2v) is 8.08. The summed E-state index contributed by atoms with van der Waals surface area (Å²) < 4.78 is 23.1. The van der Waals surface area contributed by atoms with E-state index in [1.165, 1.54) is 6.08 Å². The number of nitrogens with zero attached hydrogens (tertiary/aromatic N) is 2. The van der Waals surface area contributed by atoms with Crippen LogP contribution in [0.4, 0.5) is 11.5 Å². The molecule has 1 N–H and O–H groups in total. The Balaban J connectivity index is 1.92. The zero-order valence-electron chi connectivity index (χ0n) is 13.4. The second kappa shape index (κ2) is 7.59. The number of rotatable bonds is 6. The zero-order valence-corrected chi connectivity index (χ0v) is 14.2. The number of sulfone groups is 1. The van der Waals surface area contributed by atoms with Crippen LogP contribution in [0.25, 0.3) is 0 Å². The summed E-state index contributed by atoms with van der Waals surface area (Å²) in [5.74, 6) is 0.320. The van der Waals surface area contributed by atoms with Crippen molar-refractivity contribution in [2.45, 2.75) is 19.8 Å². The number of carbonyl (C=O) groups is 1. The van der Waals surface area contributed by atoms with E-state index in [9.17, 15) is 13.2 Å². The molecule has 23 heavy (non-hydrogen) atoms. The van der Waals surface area contributed by atoms with Gasteiger partial charge in [0.1, 0.15) is 11.6 Å². The van der Waals surface area contributed by atoms with E-state index < -0.39 is 21.5 Å². The molecule has 1 amide bonds. The van der Waals surface area contributed by atoms with Gasteiger partial charge in [0.25, 0.3) is 0 Å². The van der Waals surface area contributed by atoms with E-state index in [0.29, 0.717) is 5.69 Å². The van der Waals surface area contributed by atoms with Crippen molar-refractivity contribution in [2.75, 3.05) is 34.8 Å². The number of hydrogen-bond donors (Lipinski definition) is 1. The topological polar surface area (TPSA) is 79.4 Å². The minimum Gasteiger partial charge on any atom is -0.357 e. The molecule has 1 saturated heterocycles. The van der Waals surface area contributed by atoms with Crippen molar-refractivity contribution in [2.24, 2.45) is 5.92 Å². The Bertz CT molecular complexity index is 648. The van der Waals surface area contributed by atoms with Gasteiger partial charge in [-0.1, -0.05) is 13.0 Å². The second-order valence-electron chi connectivity index (χ2n) is 5.97. The molecule has 2 heterocycles. The Morgan fingerprint density at radius 2 is 2.13 bits per heavy atom. The first-order chi connectivity index (χ1) is 10.9. The van der Waals surface area contributed by atoms with Crippen molar-refractivity contribution in [1.82, 2.24) is 4.98 Å². The summed E-state index contributed by atoms with van der Waals surface area (Å²) in [4.78, 5) is 18.3. The molecule has 0 unspecified atom stereocenters. The molecule has 1 aromatic rings. The van der Waals surface area contributed by atoms with Gasteiger partial charge in [-0.3, -0.25) is 4.79 Å². The van der Waals surface area contributed by atoms with E-state index in [2.05, 4.69) is 28.7 Å². The fourth-order valence-electron chi connectivity index (χ4n) is 2.52. The summed E-state index contributed by atoms with van der Waals surface area (Å²) in [6, 6.07) is 3.60. The van der Waals surface area contributed by atoms with Crippen LogP contribution in [0, 0.1) is 5.92 Å². The van der Waals surface area contributed by atoms with Gasteiger partial charge >= 0.3 is 0 Å². The van der Waals surface area contributed by atoms with Gasteiger partial charge in [-0.05, 0) is 30.9 Å². The highest BCUT2D eigenvalue weighted by Crippen LogP contribution is 2.22. The first kappa shape index (κ1) is 17.5. The van der Waals surface area contributed by atoms with Crippen LogP contribution in [0.15, 0.2) is 31.0 Å². The Labute approximate surface area is 137 Å². The van der Waals surface area contributed by atoms with Crippen molar-refractivity contribution >= 4 is 27.2 Å². The summed E-state index contributed by atoms with van der Waals surface area (Å²) in [5, 5.41) is 2.56. The lowest BCUT2D eigenvalue weighted by atomic mass is 9.99. The van der Waals surface area contributed by atoms with Crippen LogP contribution in [0.2, 0.25) is 0 Å². The highest BCUT2D eigenvalue weighted by atomic mass is 32.2. The lowest BCUT2D eigenvalue weighted by molar-refractivity contribution is -0.113. The standard InChI is InChI=1S/C16H23N3O3S/c1-3-10-23(21,22)12-16(20)18-14-4-5-15(17-11-14)19-8-6-13(2)7-9-19/h3-5,11,13H,1,6-10,12H2,2H3,(H,18,20). The van der Waals surface area contributed by atoms with Crippen LogP contribution in [-0.4, -0.2) is 43.9 Å². The van der Waals surface area contributed by atoms with Gasteiger partial charge in [-0.2, -0.15) is 0 Å². The summed E-state index contributed by atoms with van der Waals surface area (Å²) in [6.45, 7) is 7.60. The van der Waals surface area contributed by atoms with Gasteiger partial charge in [0.05, 0.1) is 17.6 Å². The van der Waals surface area contributed by atoms with Crippen molar-refractivity contribution < 1.29 is 13.2 Å². The number of aromatic nitrogens is 1. The number of nitrogens with one attached hydrogen (secondary N) is 1. The van der Waals surface area contributed by atoms with Crippen molar-refractivity contribution in [3.8, 4) is 0 Å². The molecule has 0 aromatic carbocycles. The van der Waals surface area contributed by atoms with Crippen LogP contribution < -0.4 is 10.2 Å². The maximum absolute atomic E-state index is 11.8. The third kappa shape index (κ3) is 5.35. The smallest absolute Gasteiger partial charge is 0.239 e. The lowest BCUT2D eigenvalue weighted by Gasteiger charge is -2.31. The van der Waals surface area contributed by atoms with Crippen LogP contribution in [0.1, 0.15) is 19.8 Å². The monoisotopic (exact) mass is 337 g/mol. The lowest BCUT2D eigenvalue weighted by Crippen LogP contribution is -2.33. The molecule has 1 fully saturated rings. The predicted molar refractivity (Wildman–Crippen MR) is 92.3 cm³/mol. The molecule has 0 bridgehead atoms. The molecule has 6 nitrogen and oxygen atoms in total. The maximum Gasteiger partial charge on any atom is 0.239 e. The maximum atomic E-state index is 11.8. The highest BCUT2D eigenvalue weighted by Gasteiger charge is 2.18. The summed E-state index contributed by atoms with van der Waals surface area (Å²) >= 11 is 0. The van der Waals surface area contributed by atoms with Gasteiger partial charge in [-0.15, -0.1) is 6.58 Å². The SMILES string of the molecule is C=CCS(=O)(=O)CC(=O)Nc1ccc(N2CCC(C)CC2)nc1. The van der Waals surface area contributed by atoms with E-state index in [4.69, 9.17) is 0 Å². The third-order valence-electron chi connectivity index (χ3n) is 3.86. The molecular formula is C16H23N3O3S. The van der Waals surface area contributed by atoms with E-state index in [0.717, 1.165) is 37.7 Å². The molecule has 0 radical (unpaired) electrons. The highest BCUT2D eigenvalue weighted by molar-refractivity contribution is 7.92. The van der Waals surface area contributed by atoms with Crippen molar-refractivity contribution in [3.63, 3.8) is 0 Å². The molecule has 2 rings (SSSR count). The van der Waals surface area contributed by atoms with Crippen LogP contribution in [0.3, 0.4) is 0 Å². The van der Waals surface area contributed by atoms with Crippen LogP contribution in [-0.2, 0) is 14.6 Å². The molecule has 7 heteroatoms. The molecule has 1 aromatic heterocycles. The number of amides is 1. The zero-order chi connectivity index (χ0) is 16.9. The summed E-state index contributed by atoms with van der Waals surface area (Å²) in [6.07, 6.45) is 5.15. The minimum absolute atomic E-state index is 0.203. The Morgan fingerprint density at radius 1 is 1.43 bits per heavy atom. The van der Waals surface area contributed by atoms with E-state index in [-0.39, 0.29) is 5.75 Å². The minimum atomic E-state index is -3.44. The van der Waals surface area contributed by atoms with Crippen LogP contribution in [0.5, 0.6) is 0 Å². The number of carbonyl (C=O) groups excluding carboxylic acids is 1. The third-order valence-corrected chi connectivity index (χ3v) is 5.31. The fraction of sp³-hybridized carbons (Fsp3) is 0.500. The largest absolute Gasteiger partial charge is 0.357 e. The number of piperidine rings is 1. The fourth-order valence-corrected chi connectivity index (χ4v) is 3.47. The molecular weight excluding hydrogens is 314 g/mol. The summed E-state index contributed by atoms with van der Waals surface area (Å²) in [5.41, 5.74) is 0.498. The van der Waals surface area contributed by atoms with Gasteiger partial charge in [0.15, 0.2) is 9.84 Å². The Morgan fingerprint density at radius 3 is 2.70 bits per heavy atom. The first-order valence-corrected chi connectivity index (χ1v) is 9.54. The van der Waals surface area contributed by atoms with Gasteiger partial charge in [0.2, 0.25) is 5.91 Å². The van der Waals surface area contributed by atoms with Gasteiger partial charge < -0.3 is 10.2 Å². The molecule has 1 aliphatic rings. The van der Waals surface area contributed by atoms with Gasteiger partial charge in [-0.25, -0.2) is 13.4 Å². The molecule has 1 aliphatic heterocycles. The van der Waals surface area contributed by atoms with E-state index >= 15 is 0 Å². The average Bonchev–Trinajstić information content (AvgIpc) is 2.48. The average molecular weight is 337 g/mol. The normalized spacial score (nSPS) is 16.1. The summed E-state index contributed by atoms with van der Waals surface area (Å²) in [7, 11) is -3.44. The number of pyridine rings is 1. The molecule has 0 spiro atoms. The number of anilines is 2. The molecule has 0 saturated carbocycles. The Kier molecular flexibility index (Phi) is 5.76. The Hall–Kier alpha value is -1.89. The van der Waals surface area contributed by atoms with Crippen molar-refractivity contribution in [1.29, 1.82) is 0 Å². The predicted octanol–water partition coefficient (Wildman–Crippen LogP) is 1.86. The van der Waals surface area contributed by atoms with Crippen molar-refractivity contribution in [3.05, 3.63) is 31.0 Å². The van der Waals surface area contributed by atoms with Gasteiger partial charge in [0, 0.05) is 13.1 Å². The van der Waals surface area contributed by atoms with E-state index in [1.54, 1.807) is 12.3 Å². The van der Waals surface area contributed by atoms with Crippen LogP contribution >= 0.6 is 0 Å². The molecule has 126 valence electrons. The number of hydrogen-bond acceptors (Lipinski definition) is 5.